The molecular weight excluding hydrogens is 304 g/mol. The second kappa shape index (κ2) is 7.15. The molecule has 2 heterocycles. The summed E-state index contributed by atoms with van der Waals surface area (Å²) in [5.41, 5.74) is 0. The first-order valence-corrected chi connectivity index (χ1v) is 6.84. The standard InChI is InChI=1S/C12H20O10/c13-2-6-8(16)4(14)1-7(21-6)22-11-5(15)3-20-12(19)10(18)9(11)17/h4-11,13-18H,1-3H2. The highest BCUT2D eigenvalue weighted by Crippen LogP contribution is 2.25. The van der Waals surface area contributed by atoms with Gasteiger partial charge in [0.1, 0.15) is 37.1 Å². The highest BCUT2D eigenvalue weighted by molar-refractivity contribution is 5.75. The van der Waals surface area contributed by atoms with E-state index in [9.17, 15) is 30.3 Å². The van der Waals surface area contributed by atoms with Gasteiger partial charge in [0.15, 0.2) is 12.4 Å². The summed E-state index contributed by atoms with van der Waals surface area (Å²) in [4.78, 5) is 11.3. The van der Waals surface area contributed by atoms with Crippen LogP contribution in [0, 0.1) is 0 Å². The molecule has 22 heavy (non-hydrogen) atoms. The number of carbonyl (C=O) groups excluding carboxylic acids is 1. The van der Waals surface area contributed by atoms with E-state index in [0.29, 0.717) is 0 Å². The minimum Gasteiger partial charge on any atom is -0.461 e. The first kappa shape index (κ1) is 17.5. The normalized spacial score (nSPS) is 46.9. The Hall–Kier alpha value is -0.850. The molecule has 0 aromatic carbocycles. The zero-order valence-electron chi connectivity index (χ0n) is 11.6. The Morgan fingerprint density at radius 1 is 1.09 bits per heavy atom. The van der Waals surface area contributed by atoms with Crippen molar-refractivity contribution in [3.05, 3.63) is 0 Å². The SMILES string of the molecule is O=C1OCC(O)C(OC2CC(O)C(O)C(CO)O2)C(O)C1O. The van der Waals surface area contributed by atoms with Crippen molar-refractivity contribution in [1.29, 1.82) is 0 Å². The van der Waals surface area contributed by atoms with Crippen molar-refractivity contribution < 1.29 is 49.6 Å². The zero-order chi connectivity index (χ0) is 16.4. The van der Waals surface area contributed by atoms with Crippen molar-refractivity contribution in [2.24, 2.45) is 0 Å². The fraction of sp³-hybridized carbons (Fsp3) is 0.917. The van der Waals surface area contributed by atoms with Gasteiger partial charge in [0.05, 0.1) is 12.7 Å². The summed E-state index contributed by atoms with van der Waals surface area (Å²) >= 11 is 0. The van der Waals surface area contributed by atoms with E-state index in [1.807, 2.05) is 0 Å². The maximum Gasteiger partial charge on any atom is 0.337 e. The lowest BCUT2D eigenvalue weighted by Gasteiger charge is -2.38. The largest absolute Gasteiger partial charge is 0.461 e. The Balaban J connectivity index is 2.05. The van der Waals surface area contributed by atoms with Crippen molar-refractivity contribution >= 4 is 5.97 Å². The molecule has 0 radical (unpaired) electrons. The number of hydrogen-bond acceptors (Lipinski definition) is 10. The second-order valence-electron chi connectivity index (χ2n) is 5.31. The van der Waals surface area contributed by atoms with Crippen molar-refractivity contribution in [1.82, 2.24) is 0 Å². The summed E-state index contributed by atoms with van der Waals surface area (Å²) in [7, 11) is 0. The lowest BCUT2D eigenvalue weighted by Crippen LogP contribution is -2.54. The molecule has 2 rings (SSSR count). The molecule has 6 N–H and O–H groups in total. The molecule has 0 bridgehead atoms. The third-order valence-electron chi connectivity index (χ3n) is 3.70. The third-order valence-corrected chi connectivity index (χ3v) is 3.70. The van der Waals surface area contributed by atoms with Crippen LogP contribution in [0.3, 0.4) is 0 Å². The van der Waals surface area contributed by atoms with Gasteiger partial charge in [-0.2, -0.15) is 0 Å². The van der Waals surface area contributed by atoms with E-state index in [-0.39, 0.29) is 6.42 Å². The van der Waals surface area contributed by atoms with Crippen molar-refractivity contribution in [2.75, 3.05) is 13.2 Å². The predicted molar refractivity (Wildman–Crippen MR) is 66.2 cm³/mol. The van der Waals surface area contributed by atoms with E-state index in [1.54, 1.807) is 0 Å². The molecular formula is C12H20O10. The average Bonchev–Trinajstić information content (AvgIpc) is 2.58. The minimum absolute atomic E-state index is 0.182. The fourth-order valence-corrected chi connectivity index (χ4v) is 2.39. The Bertz CT molecular complexity index is 390. The molecule has 8 unspecified atom stereocenters. The smallest absolute Gasteiger partial charge is 0.337 e. The van der Waals surface area contributed by atoms with Gasteiger partial charge in [-0.05, 0) is 0 Å². The van der Waals surface area contributed by atoms with Gasteiger partial charge in [-0.3, -0.25) is 0 Å². The molecule has 2 saturated heterocycles. The molecule has 0 aromatic heterocycles. The molecule has 0 amide bonds. The molecule has 0 spiro atoms. The van der Waals surface area contributed by atoms with Crippen LogP contribution in [0.2, 0.25) is 0 Å². The summed E-state index contributed by atoms with van der Waals surface area (Å²) < 4.78 is 15.1. The monoisotopic (exact) mass is 324 g/mol. The highest BCUT2D eigenvalue weighted by Gasteiger charge is 2.45. The van der Waals surface area contributed by atoms with Gasteiger partial charge in [0.2, 0.25) is 0 Å². The van der Waals surface area contributed by atoms with Gasteiger partial charge in [0, 0.05) is 6.42 Å². The number of ether oxygens (including phenoxy) is 3. The van der Waals surface area contributed by atoms with Crippen LogP contribution in [0.5, 0.6) is 0 Å². The van der Waals surface area contributed by atoms with Gasteiger partial charge in [-0.1, -0.05) is 0 Å². The van der Waals surface area contributed by atoms with E-state index < -0.39 is 68.2 Å². The van der Waals surface area contributed by atoms with Crippen LogP contribution in [0.25, 0.3) is 0 Å². The summed E-state index contributed by atoms with van der Waals surface area (Å²) in [5.74, 6) is -1.09. The van der Waals surface area contributed by atoms with Crippen LogP contribution in [-0.4, -0.2) is 98.8 Å². The van der Waals surface area contributed by atoms with Gasteiger partial charge < -0.3 is 44.8 Å². The van der Waals surface area contributed by atoms with Crippen molar-refractivity contribution in [3.63, 3.8) is 0 Å². The number of aliphatic hydroxyl groups excluding tert-OH is 6. The molecule has 0 aliphatic carbocycles. The summed E-state index contributed by atoms with van der Waals surface area (Å²) in [6.07, 6.45) is -11.5. The van der Waals surface area contributed by atoms with E-state index >= 15 is 0 Å². The maximum atomic E-state index is 11.3. The van der Waals surface area contributed by atoms with Crippen LogP contribution < -0.4 is 0 Å². The average molecular weight is 324 g/mol. The van der Waals surface area contributed by atoms with E-state index in [1.165, 1.54) is 0 Å². The van der Waals surface area contributed by atoms with Crippen molar-refractivity contribution in [2.45, 2.75) is 55.4 Å². The van der Waals surface area contributed by atoms with Gasteiger partial charge in [-0.25, -0.2) is 4.79 Å². The van der Waals surface area contributed by atoms with Crippen LogP contribution >= 0.6 is 0 Å². The van der Waals surface area contributed by atoms with Gasteiger partial charge >= 0.3 is 5.97 Å². The van der Waals surface area contributed by atoms with Crippen molar-refractivity contribution in [3.8, 4) is 0 Å². The highest BCUT2D eigenvalue weighted by atomic mass is 16.7. The number of esters is 1. The van der Waals surface area contributed by atoms with Crippen LogP contribution in [-0.2, 0) is 19.0 Å². The lowest BCUT2D eigenvalue weighted by molar-refractivity contribution is -0.288. The minimum atomic E-state index is -1.89. The number of cyclic esters (lactones) is 1. The number of carbonyl (C=O) groups is 1. The second-order valence-corrected chi connectivity index (χ2v) is 5.31. The van der Waals surface area contributed by atoms with Crippen LogP contribution in [0.4, 0.5) is 0 Å². The maximum absolute atomic E-state index is 11.3. The molecule has 0 saturated carbocycles. The molecule has 10 nitrogen and oxygen atoms in total. The summed E-state index contributed by atoms with van der Waals surface area (Å²) in [6, 6.07) is 0. The molecule has 0 aromatic rings. The quantitative estimate of drug-likeness (QED) is 0.280. The fourth-order valence-electron chi connectivity index (χ4n) is 2.39. The molecule has 2 fully saturated rings. The number of aliphatic hydroxyl groups is 6. The van der Waals surface area contributed by atoms with Gasteiger partial charge in [0.25, 0.3) is 0 Å². The topological polar surface area (TPSA) is 166 Å². The van der Waals surface area contributed by atoms with E-state index in [0.717, 1.165) is 0 Å². The molecule has 2 aliphatic heterocycles. The first-order chi connectivity index (χ1) is 10.3. The lowest BCUT2D eigenvalue weighted by atomic mass is 10.0. The summed E-state index contributed by atoms with van der Waals surface area (Å²) in [6.45, 7) is -1.06. The predicted octanol–water partition coefficient (Wildman–Crippen LogP) is -4.16. The molecule has 2 aliphatic rings. The van der Waals surface area contributed by atoms with E-state index in [4.69, 9.17) is 14.6 Å². The number of hydrogen-bond donors (Lipinski definition) is 6. The molecule has 8 atom stereocenters. The zero-order valence-corrected chi connectivity index (χ0v) is 11.6. The van der Waals surface area contributed by atoms with Gasteiger partial charge in [-0.15, -0.1) is 0 Å². The molecule has 10 heteroatoms. The summed E-state index contributed by atoms with van der Waals surface area (Å²) in [5, 5.41) is 57.6. The Kier molecular flexibility index (Phi) is 5.69. The Morgan fingerprint density at radius 2 is 1.77 bits per heavy atom. The van der Waals surface area contributed by atoms with Crippen LogP contribution in [0.15, 0.2) is 0 Å². The third kappa shape index (κ3) is 3.55. The first-order valence-electron chi connectivity index (χ1n) is 6.84. The Labute approximate surface area is 125 Å². The van der Waals surface area contributed by atoms with E-state index in [2.05, 4.69) is 4.74 Å². The molecule has 128 valence electrons. The number of rotatable bonds is 3. The Morgan fingerprint density at radius 3 is 2.41 bits per heavy atom. The van der Waals surface area contributed by atoms with Crippen LogP contribution in [0.1, 0.15) is 6.42 Å².